The molecule has 1 atom stereocenters. The van der Waals surface area contributed by atoms with E-state index in [0.29, 0.717) is 0 Å². The molecular weight excluding hydrogens is 226 g/mol. The third-order valence-electron chi connectivity index (χ3n) is 2.86. The molecule has 0 amide bonds. The standard InChI is InChI=1S/C15H23NO2/c1-6-16(10-11(2)3)13-8-7-9-14(18-5)15(13)12(4)17/h7-9,12,17H,2,6,10H2,1,3-5H3/t12-/m0/s1. The summed E-state index contributed by atoms with van der Waals surface area (Å²) in [5.41, 5.74) is 2.94. The molecule has 0 aromatic heterocycles. The smallest absolute Gasteiger partial charge is 0.126 e. The number of rotatable bonds is 6. The number of likely N-dealkylation sites (N-methyl/N-ethyl adjacent to an activating group) is 1. The van der Waals surface area contributed by atoms with Crippen molar-refractivity contribution >= 4 is 5.69 Å². The van der Waals surface area contributed by atoms with Crippen LogP contribution in [-0.2, 0) is 0 Å². The van der Waals surface area contributed by atoms with Crippen LogP contribution in [-0.4, -0.2) is 25.3 Å². The van der Waals surface area contributed by atoms with Gasteiger partial charge in [0.15, 0.2) is 0 Å². The second-order valence-electron chi connectivity index (χ2n) is 4.54. The van der Waals surface area contributed by atoms with Gasteiger partial charge in [-0.1, -0.05) is 18.2 Å². The first kappa shape index (κ1) is 14.6. The number of anilines is 1. The van der Waals surface area contributed by atoms with E-state index in [9.17, 15) is 5.11 Å². The molecule has 1 aromatic rings. The normalized spacial score (nSPS) is 12.1. The highest BCUT2D eigenvalue weighted by Gasteiger charge is 2.17. The molecule has 0 unspecified atom stereocenters. The third-order valence-corrected chi connectivity index (χ3v) is 2.86. The summed E-state index contributed by atoms with van der Waals surface area (Å²) in [5, 5.41) is 9.97. The maximum atomic E-state index is 9.97. The lowest BCUT2D eigenvalue weighted by atomic mass is 10.1. The molecule has 0 fully saturated rings. The minimum Gasteiger partial charge on any atom is -0.496 e. The Kier molecular flexibility index (Phi) is 5.23. The number of hydrogen-bond acceptors (Lipinski definition) is 3. The summed E-state index contributed by atoms with van der Waals surface area (Å²) in [4.78, 5) is 2.19. The molecule has 100 valence electrons. The average Bonchev–Trinajstić information content (AvgIpc) is 2.34. The number of hydrogen-bond donors (Lipinski definition) is 1. The molecule has 0 saturated carbocycles. The molecule has 1 N–H and O–H groups in total. The monoisotopic (exact) mass is 249 g/mol. The van der Waals surface area contributed by atoms with Crippen LogP contribution in [0.5, 0.6) is 5.75 Å². The maximum Gasteiger partial charge on any atom is 0.126 e. The first-order valence-electron chi connectivity index (χ1n) is 6.25. The zero-order chi connectivity index (χ0) is 13.7. The van der Waals surface area contributed by atoms with Crippen molar-refractivity contribution in [1.29, 1.82) is 0 Å². The van der Waals surface area contributed by atoms with Gasteiger partial charge in [0.2, 0.25) is 0 Å². The molecule has 3 heteroatoms. The Labute approximate surface area is 110 Å². The summed E-state index contributed by atoms with van der Waals surface area (Å²) in [7, 11) is 1.63. The van der Waals surface area contributed by atoms with E-state index in [0.717, 1.165) is 35.7 Å². The van der Waals surface area contributed by atoms with E-state index in [2.05, 4.69) is 18.4 Å². The van der Waals surface area contributed by atoms with Gasteiger partial charge in [-0.3, -0.25) is 0 Å². The lowest BCUT2D eigenvalue weighted by Gasteiger charge is -2.28. The molecule has 0 aliphatic rings. The zero-order valence-corrected chi connectivity index (χ0v) is 11.7. The van der Waals surface area contributed by atoms with Gasteiger partial charge in [-0.2, -0.15) is 0 Å². The van der Waals surface area contributed by atoms with Crippen molar-refractivity contribution < 1.29 is 9.84 Å². The number of benzene rings is 1. The molecule has 1 aromatic carbocycles. The van der Waals surface area contributed by atoms with E-state index in [-0.39, 0.29) is 0 Å². The van der Waals surface area contributed by atoms with E-state index < -0.39 is 6.10 Å². The topological polar surface area (TPSA) is 32.7 Å². The molecule has 3 nitrogen and oxygen atoms in total. The number of aliphatic hydroxyl groups excluding tert-OH is 1. The lowest BCUT2D eigenvalue weighted by Crippen LogP contribution is -2.26. The Morgan fingerprint density at radius 3 is 2.61 bits per heavy atom. The fraction of sp³-hybridized carbons (Fsp3) is 0.467. The van der Waals surface area contributed by atoms with Crippen LogP contribution in [0, 0.1) is 0 Å². The SMILES string of the molecule is C=C(C)CN(CC)c1cccc(OC)c1[C@H](C)O. The van der Waals surface area contributed by atoms with E-state index in [1.54, 1.807) is 14.0 Å². The van der Waals surface area contributed by atoms with Crippen molar-refractivity contribution in [3.8, 4) is 5.75 Å². The fourth-order valence-corrected chi connectivity index (χ4v) is 2.10. The number of aliphatic hydroxyl groups is 1. The highest BCUT2D eigenvalue weighted by atomic mass is 16.5. The van der Waals surface area contributed by atoms with Crippen molar-refractivity contribution in [2.24, 2.45) is 0 Å². The Balaban J connectivity index is 3.24. The Bertz CT molecular complexity index is 413. The number of methoxy groups -OCH3 is 1. The summed E-state index contributed by atoms with van der Waals surface area (Å²) < 4.78 is 5.34. The zero-order valence-electron chi connectivity index (χ0n) is 11.7. The van der Waals surface area contributed by atoms with Gasteiger partial charge in [-0.25, -0.2) is 0 Å². The quantitative estimate of drug-likeness (QED) is 0.786. The van der Waals surface area contributed by atoms with E-state index in [4.69, 9.17) is 4.74 Å². The molecule has 0 saturated heterocycles. The molecule has 0 heterocycles. The van der Waals surface area contributed by atoms with E-state index in [1.807, 2.05) is 25.1 Å². The molecule has 0 bridgehead atoms. The largest absolute Gasteiger partial charge is 0.496 e. The van der Waals surface area contributed by atoms with Crippen LogP contribution in [0.15, 0.2) is 30.4 Å². The Morgan fingerprint density at radius 1 is 1.50 bits per heavy atom. The van der Waals surface area contributed by atoms with Crippen LogP contribution in [0.25, 0.3) is 0 Å². The first-order valence-corrected chi connectivity index (χ1v) is 6.25. The molecule has 18 heavy (non-hydrogen) atoms. The highest BCUT2D eigenvalue weighted by Crippen LogP contribution is 2.34. The summed E-state index contributed by atoms with van der Waals surface area (Å²) >= 11 is 0. The molecular formula is C15H23NO2. The molecule has 0 aliphatic heterocycles. The van der Waals surface area contributed by atoms with Gasteiger partial charge in [0, 0.05) is 24.3 Å². The van der Waals surface area contributed by atoms with Crippen LogP contribution >= 0.6 is 0 Å². The van der Waals surface area contributed by atoms with Crippen molar-refractivity contribution in [2.75, 3.05) is 25.1 Å². The maximum absolute atomic E-state index is 9.97. The minimum absolute atomic E-state index is 0.560. The van der Waals surface area contributed by atoms with Crippen LogP contribution in [0.4, 0.5) is 5.69 Å². The van der Waals surface area contributed by atoms with Gasteiger partial charge in [-0.05, 0) is 32.9 Å². The van der Waals surface area contributed by atoms with Crippen molar-refractivity contribution in [3.63, 3.8) is 0 Å². The van der Waals surface area contributed by atoms with Gasteiger partial charge in [0.05, 0.1) is 13.2 Å². The Morgan fingerprint density at radius 2 is 2.17 bits per heavy atom. The van der Waals surface area contributed by atoms with Gasteiger partial charge in [0.1, 0.15) is 5.75 Å². The van der Waals surface area contributed by atoms with Crippen LogP contribution in [0.2, 0.25) is 0 Å². The number of ether oxygens (including phenoxy) is 1. The molecule has 0 radical (unpaired) electrons. The van der Waals surface area contributed by atoms with Crippen molar-refractivity contribution in [2.45, 2.75) is 26.9 Å². The summed E-state index contributed by atoms with van der Waals surface area (Å²) in [6, 6.07) is 5.83. The van der Waals surface area contributed by atoms with Gasteiger partial charge in [0.25, 0.3) is 0 Å². The average molecular weight is 249 g/mol. The number of nitrogens with zero attached hydrogens (tertiary/aromatic N) is 1. The second kappa shape index (κ2) is 6.45. The Hall–Kier alpha value is -1.48. The first-order chi connectivity index (χ1) is 8.51. The summed E-state index contributed by atoms with van der Waals surface area (Å²) in [6.45, 7) is 11.4. The van der Waals surface area contributed by atoms with Gasteiger partial charge >= 0.3 is 0 Å². The summed E-state index contributed by atoms with van der Waals surface area (Å²) in [5.74, 6) is 0.725. The van der Waals surface area contributed by atoms with Crippen molar-refractivity contribution in [1.82, 2.24) is 0 Å². The second-order valence-corrected chi connectivity index (χ2v) is 4.54. The predicted molar refractivity (Wildman–Crippen MR) is 76.3 cm³/mol. The van der Waals surface area contributed by atoms with Crippen LogP contribution in [0.1, 0.15) is 32.4 Å². The molecule has 1 rings (SSSR count). The lowest BCUT2D eigenvalue weighted by molar-refractivity contribution is 0.194. The summed E-state index contributed by atoms with van der Waals surface area (Å²) in [6.07, 6.45) is -0.560. The third kappa shape index (κ3) is 3.26. The van der Waals surface area contributed by atoms with Gasteiger partial charge < -0.3 is 14.7 Å². The van der Waals surface area contributed by atoms with Crippen LogP contribution in [0.3, 0.4) is 0 Å². The van der Waals surface area contributed by atoms with Crippen LogP contribution < -0.4 is 9.64 Å². The van der Waals surface area contributed by atoms with Crippen molar-refractivity contribution in [3.05, 3.63) is 35.9 Å². The highest BCUT2D eigenvalue weighted by molar-refractivity contribution is 5.60. The minimum atomic E-state index is -0.560. The van der Waals surface area contributed by atoms with E-state index in [1.165, 1.54) is 0 Å². The van der Waals surface area contributed by atoms with E-state index >= 15 is 0 Å². The predicted octanol–water partition coefficient (Wildman–Crippen LogP) is 3.15. The van der Waals surface area contributed by atoms with Gasteiger partial charge in [-0.15, -0.1) is 0 Å². The fourth-order valence-electron chi connectivity index (χ4n) is 2.10. The molecule has 0 aliphatic carbocycles. The molecule has 0 spiro atoms.